The second-order valence-electron chi connectivity index (χ2n) is 3.93. The summed E-state index contributed by atoms with van der Waals surface area (Å²) in [7, 11) is 0. The number of benzene rings is 1. The zero-order valence-electron chi connectivity index (χ0n) is 11.1. The van der Waals surface area contributed by atoms with Crippen LogP contribution in [0.25, 0.3) is 0 Å². The number of hydroxylamine groups is 2. The Labute approximate surface area is 115 Å². The highest BCUT2D eigenvalue weighted by atomic mass is 35.5. The molecule has 0 aliphatic carbocycles. The van der Waals surface area contributed by atoms with Crippen LogP contribution in [-0.4, -0.2) is 17.6 Å². The lowest BCUT2D eigenvalue weighted by Gasteiger charge is -2.20. The maximum absolute atomic E-state index is 11.1. The predicted octanol–water partition coefficient (Wildman–Crippen LogP) is 3.19. The first-order chi connectivity index (χ1) is 8.08. The molecule has 0 aliphatic rings. The van der Waals surface area contributed by atoms with E-state index in [9.17, 15) is 4.79 Å². The summed E-state index contributed by atoms with van der Waals surface area (Å²) in [4.78, 5) is 16.3. The summed E-state index contributed by atoms with van der Waals surface area (Å²) in [6, 6.07) is 6.14. The molecule has 18 heavy (non-hydrogen) atoms. The van der Waals surface area contributed by atoms with Crippen molar-refractivity contribution in [1.29, 1.82) is 0 Å². The molecule has 0 atom stereocenters. The van der Waals surface area contributed by atoms with Crippen LogP contribution in [0, 0.1) is 13.8 Å². The van der Waals surface area contributed by atoms with E-state index in [1.165, 1.54) is 22.8 Å². The number of hydrogen-bond donors (Lipinski definition) is 0. The molecule has 1 aromatic rings. The number of rotatable bonds is 5. The van der Waals surface area contributed by atoms with Crippen molar-refractivity contribution in [2.45, 2.75) is 27.3 Å². The fourth-order valence-electron chi connectivity index (χ4n) is 1.55. The molecule has 0 spiro atoms. The minimum Gasteiger partial charge on any atom is -0.364 e. The Bertz CT molecular complexity index is 418. The Hall–Kier alpha value is -1.32. The largest absolute Gasteiger partial charge is 0.364 e. The summed E-state index contributed by atoms with van der Waals surface area (Å²) < 4.78 is 0. The van der Waals surface area contributed by atoms with Gasteiger partial charge in [-0.05, 0) is 37.5 Å². The van der Waals surface area contributed by atoms with Crippen molar-refractivity contribution < 1.29 is 9.63 Å². The van der Waals surface area contributed by atoms with Crippen molar-refractivity contribution in [3.05, 3.63) is 47.5 Å². The molecule has 0 amide bonds. The van der Waals surface area contributed by atoms with Crippen LogP contribution < -0.4 is 0 Å². The molecule has 0 radical (unpaired) electrons. The van der Waals surface area contributed by atoms with Crippen molar-refractivity contribution in [2.75, 3.05) is 6.54 Å². The van der Waals surface area contributed by atoms with Crippen molar-refractivity contribution in [3.8, 4) is 0 Å². The maximum Gasteiger partial charge on any atom is 0.349 e. The molecule has 0 aliphatic heterocycles. The quantitative estimate of drug-likeness (QED) is 0.607. The van der Waals surface area contributed by atoms with Gasteiger partial charge in [0.25, 0.3) is 0 Å². The van der Waals surface area contributed by atoms with Crippen LogP contribution >= 0.6 is 12.4 Å². The topological polar surface area (TPSA) is 29.5 Å². The molecule has 0 saturated carbocycles. The van der Waals surface area contributed by atoms with E-state index in [0.717, 1.165) is 0 Å². The van der Waals surface area contributed by atoms with E-state index in [0.29, 0.717) is 13.1 Å². The highest BCUT2D eigenvalue weighted by Gasteiger charge is 2.10. The fourth-order valence-corrected chi connectivity index (χ4v) is 1.55. The first kappa shape index (κ1) is 16.7. The van der Waals surface area contributed by atoms with Crippen molar-refractivity contribution in [2.24, 2.45) is 0 Å². The number of hydrogen-bond acceptors (Lipinski definition) is 3. The van der Waals surface area contributed by atoms with E-state index in [2.05, 4.69) is 26.5 Å². The third kappa shape index (κ3) is 4.51. The van der Waals surface area contributed by atoms with Gasteiger partial charge in [0.2, 0.25) is 0 Å². The smallest absolute Gasteiger partial charge is 0.349 e. The third-order valence-corrected chi connectivity index (χ3v) is 2.80. The van der Waals surface area contributed by atoms with E-state index < -0.39 is 5.97 Å². The molecule has 0 unspecified atom stereocenters. The lowest BCUT2D eigenvalue weighted by Crippen LogP contribution is -2.26. The third-order valence-electron chi connectivity index (χ3n) is 2.80. The molecule has 0 fully saturated rings. The van der Waals surface area contributed by atoms with Gasteiger partial charge in [0.1, 0.15) is 0 Å². The Morgan fingerprint density at radius 2 is 2.11 bits per heavy atom. The Kier molecular flexibility index (Phi) is 7.32. The second-order valence-corrected chi connectivity index (χ2v) is 3.93. The van der Waals surface area contributed by atoms with Crippen LogP contribution in [0.15, 0.2) is 30.9 Å². The zero-order chi connectivity index (χ0) is 12.8. The molecule has 3 nitrogen and oxygen atoms in total. The molecule has 0 bridgehead atoms. The van der Waals surface area contributed by atoms with Gasteiger partial charge in [-0.3, -0.25) is 0 Å². The van der Waals surface area contributed by atoms with Crippen molar-refractivity contribution in [3.63, 3.8) is 0 Å². The first-order valence-electron chi connectivity index (χ1n) is 5.72. The summed E-state index contributed by atoms with van der Waals surface area (Å²) in [6.45, 7) is 10.7. The number of carbonyl (C=O) groups excluding carboxylic acids is 1. The Balaban J connectivity index is 0.00000289. The zero-order valence-corrected chi connectivity index (χ0v) is 11.9. The molecular formula is C14H20ClNO2. The van der Waals surface area contributed by atoms with E-state index in [-0.39, 0.29) is 12.4 Å². The van der Waals surface area contributed by atoms with Crippen molar-refractivity contribution >= 4 is 18.4 Å². The van der Waals surface area contributed by atoms with Crippen LogP contribution in [0.3, 0.4) is 0 Å². The standard InChI is InChI=1S/C14H19NO2.ClH/c1-5-14(16)17-15(6-2)10-13-9-7-8-11(3)12(13)4;/h5,7-9H,1,6,10H2,2-4H3;1H. The van der Waals surface area contributed by atoms with Crippen LogP contribution in [0.2, 0.25) is 0 Å². The van der Waals surface area contributed by atoms with Crippen LogP contribution in [0.4, 0.5) is 0 Å². The fraction of sp³-hybridized carbons (Fsp3) is 0.357. The summed E-state index contributed by atoms with van der Waals surface area (Å²) >= 11 is 0. The number of carbonyl (C=O) groups is 1. The van der Waals surface area contributed by atoms with Gasteiger partial charge >= 0.3 is 5.97 Å². The van der Waals surface area contributed by atoms with Gasteiger partial charge in [0, 0.05) is 12.6 Å². The van der Waals surface area contributed by atoms with Crippen LogP contribution in [0.5, 0.6) is 0 Å². The lowest BCUT2D eigenvalue weighted by molar-refractivity contribution is -0.186. The summed E-state index contributed by atoms with van der Waals surface area (Å²) in [6.07, 6.45) is 1.17. The minimum absolute atomic E-state index is 0. The Morgan fingerprint density at radius 1 is 1.44 bits per heavy atom. The highest BCUT2D eigenvalue weighted by molar-refractivity contribution is 5.85. The van der Waals surface area contributed by atoms with Gasteiger partial charge < -0.3 is 4.84 Å². The summed E-state index contributed by atoms with van der Waals surface area (Å²) in [5, 5.41) is 1.63. The Morgan fingerprint density at radius 3 is 2.67 bits per heavy atom. The molecule has 0 N–H and O–H groups in total. The minimum atomic E-state index is -0.419. The average Bonchev–Trinajstić information content (AvgIpc) is 2.33. The van der Waals surface area contributed by atoms with Gasteiger partial charge in [-0.2, -0.15) is 0 Å². The molecule has 0 aromatic heterocycles. The molecule has 4 heteroatoms. The maximum atomic E-state index is 11.1. The monoisotopic (exact) mass is 269 g/mol. The molecule has 1 rings (SSSR count). The number of aryl methyl sites for hydroxylation is 1. The van der Waals surface area contributed by atoms with E-state index in [4.69, 9.17) is 4.84 Å². The first-order valence-corrected chi connectivity index (χ1v) is 5.72. The van der Waals surface area contributed by atoms with E-state index in [1.807, 2.05) is 19.1 Å². The van der Waals surface area contributed by atoms with Crippen molar-refractivity contribution in [1.82, 2.24) is 5.06 Å². The molecular weight excluding hydrogens is 250 g/mol. The normalized spacial score (nSPS) is 9.78. The second kappa shape index (κ2) is 7.90. The molecule has 100 valence electrons. The number of halogens is 1. The molecule has 0 heterocycles. The lowest BCUT2D eigenvalue weighted by atomic mass is 10.0. The SMILES string of the molecule is C=CC(=O)ON(CC)Cc1cccc(C)c1C.Cl. The number of nitrogens with zero attached hydrogens (tertiary/aromatic N) is 1. The van der Waals surface area contributed by atoms with Crippen LogP contribution in [0.1, 0.15) is 23.6 Å². The van der Waals surface area contributed by atoms with E-state index >= 15 is 0 Å². The van der Waals surface area contributed by atoms with E-state index in [1.54, 1.807) is 5.06 Å². The van der Waals surface area contributed by atoms with Gasteiger partial charge in [-0.15, -0.1) is 17.5 Å². The average molecular weight is 270 g/mol. The van der Waals surface area contributed by atoms with Gasteiger partial charge in [-0.1, -0.05) is 24.8 Å². The van der Waals surface area contributed by atoms with Gasteiger partial charge in [0.05, 0.1) is 6.54 Å². The molecule has 0 saturated heterocycles. The van der Waals surface area contributed by atoms with Gasteiger partial charge in [0.15, 0.2) is 0 Å². The highest BCUT2D eigenvalue weighted by Crippen LogP contribution is 2.15. The summed E-state index contributed by atoms with van der Waals surface area (Å²) in [5.41, 5.74) is 3.65. The van der Waals surface area contributed by atoms with Crippen LogP contribution in [-0.2, 0) is 16.2 Å². The predicted molar refractivity (Wildman–Crippen MR) is 75.5 cm³/mol. The summed E-state index contributed by atoms with van der Waals surface area (Å²) in [5.74, 6) is -0.419. The van der Waals surface area contributed by atoms with Gasteiger partial charge in [-0.25, -0.2) is 4.79 Å². The molecule has 1 aromatic carbocycles.